The molecule has 0 radical (unpaired) electrons. The van der Waals surface area contributed by atoms with E-state index in [4.69, 9.17) is 0 Å². The van der Waals surface area contributed by atoms with Crippen molar-refractivity contribution < 1.29 is 14.7 Å². The number of hydrogen-bond donors (Lipinski definition) is 2. The number of amides is 2. The molecule has 1 aromatic heterocycles. The Morgan fingerprint density at radius 3 is 2.43 bits per heavy atom. The van der Waals surface area contributed by atoms with Crippen molar-refractivity contribution in [2.24, 2.45) is 0 Å². The van der Waals surface area contributed by atoms with Gasteiger partial charge >= 0.3 is 0 Å². The number of aromatic nitrogens is 2. The second-order valence-electron chi connectivity index (χ2n) is 11.3. The summed E-state index contributed by atoms with van der Waals surface area (Å²) in [6, 6.07) is 7.87. The maximum atomic E-state index is 13.7. The summed E-state index contributed by atoms with van der Waals surface area (Å²) in [5, 5.41) is 14.2. The molecule has 0 unspecified atom stereocenters. The lowest BCUT2D eigenvalue weighted by molar-refractivity contribution is -0.163. The number of unbranched alkanes of at least 4 members (excludes halogenated alkanes) is 1. The number of nitrogens with zero attached hydrogens (tertiary/aromatic N) is 4. The Labute approximate surface area is 220 Å². The fourth-order valence-corrected chi connectivity index (χ4v) is 6.47. The minimum absolute atomic E-state index is 0.00408. The van der Waals surface area contributed by atoms with E-state index < -0.39 is 17.2 Å². The van der Waals surface area contributed by atoms with E-state index in [0.717, 1.165) is 57.4 Å². The Hall–Kier alpha value is -2.71. The van der Waals surface area contributed by atoms with Gasteiger partial charge in [-0.25, -0.2) is 4.98 Å². The fourth-order valence-electron chi connectivity index (χ4n) is 6.47. The molecular formula is C29H41N5O3. The Balaban J connectivity index is 1.25. The first-order valence-corrected chi connectivity index (χ1v) is 14.1. The third kappa shape index (κ3) is 5.46. The zero-order valence-electron chi connectivity index (χ0n) is 22.1. The van der Waals surface area contributed by atoms with Crippen LogP contribution in [0.25, 0.3) is 5.69 Å². The number of nitrogens with one attached hydrogen (secondary N) is 1. The number of hydrogen-bond acceptors (Lipinski definition) is 5. The quantitative estimate of drug-likeness (QED) is 0.572. The van der Waals surface area contributed by atoms with Crippen molar-refractivity contribution in [3.05, 3.63) is 48.5 Å². The van der Waals surface area contributed by atoms with Gasteiger partial charge in [-0.2, -0.15) is 0 Å². The van der Waals surface area contributed by atoms with Crippen LogP contribution in [0, 0.1) is 0 Å². The highest BCUT2D eigenvalue weighted by molar-refractivity contribution is 6.00. The standard InChI is InChI=1S/C29H41N5O3/c1-2-3-16-34-26(35)25(20-28(37)11-5-4-6-12-28)31-27(36)29(34)13-17-32(18-14-29)21-23-7-9-24(10-8-23)33-19-15-30-22-33/h7-10,15,19,22,25,37H,2-6,11-14,16-18,20-21H2,1H3,(H,31,36)/t25-/m1/s1. The van der Waals surface area contributed by atoms with Crippen molar-refractivity contribution in [3.8, 4) is 5.69 Å². The second kappa shape index (κ2) is 11.0. The van der Waals surface area contributed by atoms with Crippen LogP contribution in [-0.4, -0.2) is 73.1 Å². The molecule has 37 heavy (non-hydrogen) atoms. The van der Waals surface area contributed by atoms with E-state index in [-0.39, 0.29) is 11.8 Å². The summed E-state index contributed by atoms with van der Waals surface area (Å²) in [5.74, 6) is -0.0347. The number of carbonyl (C=O) groups is 2. The lowest BCUT2D eigenvalue weighted by Gasteiger charge is -2.52. The highest BCUT2D eigenvalue weighted by Crippen LogP contribution is 2.37. The molecule has 2 N–H and O–H groups in total. The van der Waals surface area contributed by atoms with E-state index in [0.29, 0.717) is 38.6 Å². The van der Waals surface area contributed by atoms with Gasteiger partial charge in [0.2, 0.25) is 11.8 Å². The average Bonchev–Trinajstić information content (AvgIpc) is 3.44. The number of likely N-dealkylation sites (tertiary alicyclic amines) is 1. The molecule has 1 atom stereocenters. The highest BCUT2D eigenvalue weighted by Gasteiger charge is 2.54. The summed E-state index contributed by atoms with van der Waals surface area (Å²) >= 11 is 0. The van der Waals surface area contributed by atoms with E-state index in [1.807, 2.05) is 15.7 Å². The summed E-state index contributed by atoms with van der Waals surface area (Å²) in [4.78, 5) is 35.8. The molecule has 1 aliphatic carbocycles. The molecule has 3 heterocycles. The minimum atomic E-state index is -0.844. The maximum Gasteiger partial charge on any atom is 0.246 e. The summed E-state index contributed by atoms with van der Waals surface area (Å²) in [6.07, 6.45) is 13.5. The third-order valence-corrected chi connectivity index (χ3v) is 8.74. The first-order valence-electron chi connectivity index (χ1n) is 14.1. The topological polar surface area (TPSA) is 90.7 Å². The van der Waals surface area contributed by atoms with Gasteiger partial charge in [0.25, 0.3) is 0 Å². The van der Waals surface area contributed by atoms with Gasteiger partial charge in [0.05, 0.1) is 11.9 Å². The number of carbonyl (C=O) groups excluding carboxylic acids is 2. The number of piperazine rings is 1. The van der Waals surface area contributed by atoms with E-state index in [9.17, 15) is 14.7 Å². The van der Waals surface area contributed by atoms with Gasteiger partial charge in [0, 0.05) is 50.7 Å². The largest absolute Gasteiger partial charge is 0.390 e. The molecule has 1 spiro atoms. The fraction of sp³-hybridized carbons (Fsp3) is 0.621. The molecule has 8 nitrogen and oxygen atoms in total. The summed E-state index contributed by atoms with van der Waals surface area (Å²) < 4.78 is 1.98. The van der Waals surface area contributed by atoms with Crippen molar-refractivity contribution in [3.63, 3.8) is 0 Å². The van der Waals surface area contributed by atoms with Crippen molar-refractivity contribution >= 4 is 11.8 Å². The molecule has 1 aromatic carbocycles. The Kier molecular flexibility index (Phi) is 7.67. The Morgan fingerprint density at radius 1 is 1.05 bits per heavy atom. The van der Waals surface area contributed by atoms with Crippen LogP contribution in [0.4, 0.5) is 0 Å². The molecule has 200 valence electrons. The minimum Gasteiger partial charge on any atom is -0.390 e. The van der Waals surface area contributed by atoms with Crippen molar-refractivity contribution in [2.45, 2.75) is 94.9 Å². The lowest BCUT2D eigenvalue weighted by Crippen LogP contribution is -2.73. The Morgan fingerprint density at radius 2 is 1.78 bits per heavy atom. The normalized spacial score (nSPS) is 23.8. The predicted molar refractivity (Wildman–Crippen MR) is 142 cm³/mol. The van der Waals surface area contributed by atoms with E-state index in [1.165, 1.54) is 5.56 Å². The molecule has 2 amide bonds. The molecule has 2 aromatic rings. The van der Waals surface area contributed by atoms with Crippen LogP contribution in [0.15, 0.2) is 43.0 Å². The van der Waals surface area contributed by atoms with Gasteiger partial charge in [0.15, 0.2) is 0 Å². The molecule has 2 saturated heterocycles. The molecule has 0 bridgehead atoms. The molecule has 3 aliphatic rings. The van der Waals surface area contributed by atoms with E-state index in [1.54, 1.807) is 12.5 Å². The van der Waals surface area contributed by atoms with Crippen LogP contribution < -0.4 is 5.32 Å². The molecule has 8 heteroatoms. The average molecular weight is 508 g/mol. The van der Waals surface area contributed by atoms with Gasteiger partial charge in [-0.15, -0.1) is 0 Å². The monoisotopic (exact) mass is 507 g/mol. The molecule has 1 saturated carbocycles. The number of imidazole rings is 1. The number of benzene rings is 1. The van der Waals surface area contributed by atoms with Crippen LogP contribution in [0.3, 0.4) is 0 Å². The number of piperidine rings is 1. The third-order valence-electron chi connectivity index (χ3n) is 8.74. The summed E-state index contributed by atoms with van der Waals surface area (Å²) in [7, 11) is 0. The molecule has 5 rings (SSSR count). The number of aliphatic hydroxyl groups is 1. The molecular weight excluding hydrogens is 466 g/mol. The van der Waals surface area contributed by atoms with E-state index >= 15 is 0 Å². The van der Waals surface area contributed by atoms with Crippen LogP contribution in [-0.2, 0) is 16.1 Å². The van der Waals surface area contributed by atoms with Crippen LogP contribution in [0.5, 0.6) is 0 Å². The maximum absolute atomic E-state index is 13.7. The van der Waals surface area contributed by atoms with Crippen molar-refractivity contribution in [2.75, 3.05) is 19.6 Å². The lowest BCUT2D eigenvalue weighted by atomic mass is 9.77. The van der Waals surface area contributed by atoms with Crippen LogP contribution in [0.1, 0.15) is 76.7 Å². The van der Waals surface area contributed by atoms with E-state index in [2.05, 4.69) is 46.4 Å². The van der Waals surface area contributed by atoms with Crippen LogP contribution in [0.2, 0.25) is 0 Å². The first kappa shape index (κ1) is 25.9. The Bertz CT molecular complexity index is 1050. The van der Waals surface area contributed by atoms with Crippen molar-refractivity contribution in [1.82, 2.24) is 24.7 Å². The summed E-state index contributed by atoms with van der Waals surface area (Å²) in [6.45, 7) is 5.07. The van der Waals surface area contributed by atoms with Gasteiger partial charge in [-0.05, 0) is 49.8 Å². The van der Waals surface area contributed by atoms with Gasteiger partial charge in [0.1, 0.15) is 11.6 Å². The summed E-state index contributed by atoms with van der Waals surface area (Å²) in [5.41, 5.74) is 0.686. The zero-order valence-corrected chi connectivity index (χ0v) is 22.1. The van der Waals surface area contributed by atoms with Gasteiger partial charge in [-0.3, -0.25) is 14.5 Å². The predicted octanol–water partition coefficient (Wildman–Crippen LogP) is 3.42. The SMILES string of the molecule is CCCCN1C(=O)[C@@H](CC2(O)CCCCC2)NC(=O)C12CCN(Cc1ccc(-n3ccnc3)cc1)CC2. The molecule has 2 aliphatic heterocycles. The zero-order chi connectivity index (χ0) is 25.9. The second-order valence-corrected chi connectivity index (χ2v) is 11.3. The highest BCUT2D eigenvalue weighted by atomic mass is 16.3. The number of rotatable bonds is 8. The van der Waals surface area contributed by atoms with Crippen molar-refractivity contribution in [1.29, 1.82) is 0 Å². The first-order chi connectivity index (χ1) is 17.9. The smallest absolute Gasteiger partial charge is 0.246 e. The van der Waals surface area contributed by atoms with Gasteiger partial charge in [-0.1, -0.05) is 44.7 Å². The van der Waals surface area contributed by atoms with Crippen LogP contribution >= 0.6 is 0 Å². The molecule has 3 fully saturated rings. The van der Waals surface area contributed by atoms with Gasteiger partial charge < -0.3 is 19.9 Å².